The fourth-order valence-corrected chi connectivity index (χ4v) is 2.41. The molecule has 0 saturated carbocycles. The monoisotopic (exact) mass is 343 g/mol. The molecule has 7 nitrogen and oxygen atoms in total. The third kappa shape index (κ3) is 5.14. The molecule has 1 aromatic carbocycles. The molecule has 0 saturated heterocycles. The third-order valence-corrected chi connectivity index (χ3v) is 3.90. The Balaban J connectivity index is 2.09. The molecule has 0 aliphatic heterocycles. The Labute approximate surface area is 147 Å². The largest absolute Gasteiger partial charge is 0.347 e. The molecule has 2 amide bonds. The van der Waals surface area contributed by atoms with Crippen molar-refractivity contribution >= 4 is 11.8 Å². The number of nitrogens with zero attached hydrogens (tertiary/aromatic N) is 3. The van der Waals surface area contributed by atoms with Crippen LogP contribution < -0.4 is 10.6 Å². The predicted molar refractivity (Wildman–Crippen MR) is 94.4 cm³/mol. The molecular formula is C18H25N5O2. The number of aromatic nitrogens is 3. The maximum Gasteiger partial charge on any atom is 0.247 e. The van der Waals surface area contributed by atoms with Gasteiger partial charge in [-0.2, -0.15) is 0 Å². The lowest BCUT2D eigenvalue weighted by Gasteiger charge is -2.19. The van der Waals surface area contributed by atoms with Gasteiger partial charge in [0.25, 0.3) is 0 Å². The molecule has 7 heteroatoms. The number of benzene rings is 1. The normalized spacial score (nSPS) is 12.0. The summed E-state index contributed by atoms with van der Waals surface area (Å²) >= 11 is 0. The molecule has 1 unspecified atom stereocenters. The second-order valence-electron chi connectivity index (χ2n) is 6.45. The molecule has 0 fully saturated rings. The van der Waals surface area contributed by atoms with Crippen molar-refractivity contribution in [3.63, 3.8) is 0 Å². The predicted octanol–water partition coefficient (Wildman–Crippen LogP) is 1.64. The molecule has 0 radical (unpaired) electrons. The summed E-state index contributed by atoms with van der Waals surface area (Å²) in [6.45, 7) is 6.03. The van der Waals surface area contributed by atoms with Gasteiger partial charge >= 0.3 is 0 Å². The molecule has 134 valence electrons. The molecule has 1 aromatic heterocycles. The van der Waals surface area contributed by atoms with Crippen LogP contribution in [0.25, 0.3) is 0 Å². The molecular weight excluding hydrogens is 318 g/mol. The molecule has 0 bridgehead atoms. The summed E-state index contributed by atoms with van der Waals surface area (Å²) in [5.41, 5.74) is 0.742. The Morgan fingerprint density at radius 1 is 1.16 bits per heavy atom. The molecule has 2 rings (SSSR count). The van der Waals surface area contributed by atoms with Gasteiger partial charge in [0.2, 0.25) is 11.8 Å². The Hall–Kier alpha value is -2.70. The number of hydrogen-bond acceptors (Lipinski definition) is 4. The second kappa shape index (κ2) is 8.41. The lowest BCUT2D eigenvalue weighted by molar-refractivity contribution is -0.129. The van der Waals surface area contributed by atoms with Crippen molar-refractivity contribution in [1.29, 1.82) is 0 Å². The van der Waals surface area contributed by atoms with Crippen LogP contribution in [0.3, 0.4) is 0 Å². The van der Waals surface area contributed by atoms with E-state index in [2.05, 4.69) is 20.8 Å². The average Bonchev–Trinajstić information content (AvgIpc) is 2.89. The van der Waals surface area contributed by atoms with E-state index in [0.717, 1.165) is 11.4 Å². The highest BCUT2D eigenvalue weighted by Crippen LogP contribution is 2.14. The zero-order valence-corrected chi connectivity index (χ0v) is 15.1. The van der Waals surface area contributed by atoms with E-state index in [0.29, 0.717) is 12.2 Å². The van der Waals surface area contributed by atoms with E-state index in [1.807, 2.05) is 62.7 Å². The number of rotatable bonds is 7. The van der Waals surface area contributed by atoms with E-state index < -0.39 is 6.04 Å². The maximum absolute atomic E-state index is 12.7. The fraction of sp³-hybridized carbons (Fsp3) is 0.444. The van der Waals surface area contributed by atoms with Gasteiger partial charge in [-0.25, -0.2) is 0 Å². The summed E-state index contributed by atoms with van der Waals surface area (Å²) in [6, 6.07) is 8.48. The fourth-order valence-electron chi connectivity index (χ4n) is 2.41. The minimum Gasteiger partial charge on any atom is -0.347 e. The minimum absolute atomic E-state index is 0.145. The Kier molecular flexibility index (Phi) is 6.27. The number of carbonyl (C=O) groups is 2. The minimum atomic E-state index is -0.734. The van der Waals surface area contributed by atoms with E-state index >= 15 is 0 Å². The molecule has 1 heterocycles. The first-order valence-corrected chi connectivity index (χ1v) is 8.35. The van der Waals surface area contributed by atoms with Gasteiger partial charge < -0.3 is 15.2 Å². The summed E-state index contributed by atoms with van der Waals surface area (Å²) < 4.78 is 1.81. The highest BCUT2D eigenvalue weighted by atomic mass is 16.2. The van der Waals surface area contributed by atoms with Crippen molar-refractivity contribution in [3.8, 4) is 0 Å². The molecule has 25 heavy (non-hydrogen) atoms. The summed E-state index contributed by atoms with van der Waals surface area (Å²) in [5.74, 6) is 1.24. The topological polar surface area (TPSA) is 88.9 Å². The maximum atomic E-state index is 12.7. The van der Waals surface area contributed by atoms with Gasteiger partial charge in [-0.15, -0.1) is 10.2 Å². The molecule has 1 atom stereocenters. The zero-order chi connectivity index (χ0) is 18.4. The van der Waals surface area contributed by atoms with Gasteiger partial charge in [0.05, 0.1) is 6.54 Å². The van der Waals surface area contributed by atoms with Crippen molar-refractivity contribution in [2.24, 2.45) is 13.0 Å². The van der Waals surface area contributed by atoms with E-state index in [1.54, 1.807) is 0 Å². The third-order valence-electron chi connectivity index (χ3n) is 3.90. The highest BCUT2D eigenvalue weighted by molar-refractivity contribution is 5.88. The Morgan fingerprint density at radius 2 is 1.84 bits per heavy atom. The number of amides is 2. The number of nitrogens with one attached hydrogen (secondary N) is 2. The van der Waals surface area contributed by atoms with Gasteiger partial charge in [0.1, 0.15) is 11.9 Å². The average molecular weight is 343 g/mol. The quantitative estimate of drug-likeness (QED) is 0.800. The zero-order valence-electron chi connectivity index (χ0n) is 15.1. The second-order valence-corrected chi connectivity index (χ2v) is 6.45. The van der Waals surface area contributed by atoms with Crippen LogP contribution in [0, 0.1) is 12.8 Å². The molecule has 0 aliphatic rings. The summed E-state index contributed by atoms with van der Waals surface area (Å²) in [5, 5.41) is 13.7. The lowest BCUT2D eigenvalue weighted by atomic mass is 10.0. The van der Waals surface area contributed by atoms with Crippen molar-refractivity contribution in [2.75, 3.05) is 0 Å². The standard InChI is InChI=1S/C18H25N5O2/c1-12(2)10-16(24)20-17(14-8-6-5-7-9-14)18(25)19-11-15-22-21-13(3)23(15)4/h5-9,12,17H,10-11H2,1-4H3,(H,19,25)(H,20,24). The van der Waals surface area contributed by atoms with Crippen LogP contribution in [-0.2, 0) is 23.2 Å². The van der Waals surface area contributed by atoms with Gasteiger partial charge in [-0.05, 0) is 18.4 Å². The van der Waals surface area contributed by atoms with E-state index in [4.69, 9.17) is 0 Å². The van der Waals surface area contributed by atoms with Crippen molar-refractivity contribution in [3.05, 3.63) is 47.5 Å². The first-order chi connectivity index (χ1) is 11.9. The molecule has 2 N–H and O–H groups in total. The summed E-state index contributed by atoms with van der Waals surface area (Å²) in [4.78, 5) is 24.8. The van der Waals surface area contributed by atoms with Crippen LogP contribution in [0.5, 0.6) is 0 Å². The number of carbonyl (C=O) groups excluding carboxylic acids is 2. The van der Waals surface area contributed by atoms with Crippen molar-refractivity contribution < 1.29 is 9.59 Å². The van der Waals surface area contributed by atoms with E-state index in [9.17, 15) is 9.59 Å². The van der Waals surface area contributed by atoms with Crippen LogP contribution in [0.4, 0.5) is 0 Å². The van der Waals surface area contributed by atoms with E-state index in [1.165, 1.54) is 0 Å². The Morgan fingerprint density at radius 3 is 2.40 bits per heavy atom. The van der Waals surface area contributed by atoms with E-state index in [-0.39, 0.29) is 24.3 Å². The van der Waals surface area contributed by atoms with Gasteiger partial charge in [-0.3, -0.25) is 9.59 Å². The number of hydrogen-bond donors (Lipinski definition) is 2. The first kappa shape index (κ1) is 18.6. The van der Waals surface area contributed by atoms with Crippen LogP contribution >= 0.6 is 0 Å². The van der Waals surface area contributed by atoms with Gasteiger partial charge in [-0.1, -0.05) is 44.2 Å². The van der Waals surface area contributed by atoms with Crippen LogP contribution in [-0.4, -0.2) is 26.6 Å². The number of aryl methyl sites for hydroxylation is 1. The smallest absolute Gasteiger partial charge is 0.247 e. The molecule has 0 aliphatic carbocycles. The SMILES string of the molecule is Cc1nnc(CNC(=O)C(NC(=O)CC(C)C)c2ccccc2)n1C. The van der Waals surface area contributed by atoms with Gasteiger partial charge in [0.15, 0.2) is 5.82 Å². The Bertz CT molecular complexity index is 724. The highest BCUT2D eigenvalue weighted by Gasteiger charge is 2.23. The summed E-state index contributed by atoms with van der Waals surface area (Å²) in [7, 11) is 1.84. The summed E-state index contributed by atoms with van der Waals surface area (Å²) in [6.07, 6.45) is 0.374. The van der Waals surface area contributed by atoms with Gasteiger partial charge in [0, 0.05) is 13.5 Å². The van der Waals surface area contributed by atoms with Crippen molar-refractivity contribution in [2.45, 2.75) is 39.8 Å². The van der Waals surface area contributed by atoms with Crippen LogP contribution in [0.2, 0.25) is 0 Å². The lowest BCUT2D eigenvalue weighted by Crippen LogP contribution is -2.40. The van der Waals surface area contributed by atoms with Crippen molar-refractivity contribution in [1.82, 2.24) is 25.4 Å². The first-order valence-electron chi connectivity index (χ1n) is 8.35. The molecule has 0 spiro atoms. The van der Waals surface area contributed by atoms with Crippen LogP contribution in [0.1, 0.15) is 43.5 Å². The molecule has 2 aromatic rings. The van der Waals surface area contributed by atoms with Crippen LogP contribution in [0.15, 0.2) is 30.3 Å².